The molecule has 148 valence electrons. The van der Waals surface area contributed by atoms with E-state index in [0.717, 1.165) is 64.0 Å². The summed E-state index contributed by atoms with van der Waals surface area (Å²) in [6.07, 6.45) is 7.74. The molecule has 2 atom stereocenters. The molecule has 27 heavy (non-hydrogen) atoms. The van der Waals surface area contributed by atoms with Crippen molar-refractivity contribution in [1.82, 2.24) is 14.8 Å². The first-order valence-electron chi connectivity index (χ1n) is 10.8. The second kappa shape index (κ2) is 8.59. The van der Waals surface area contributed by atoms with Crippen molar-refractivity contribution in [3.05, 3.63) is 24.4 Å². The van der Waals surface area contributed by atoms with Crippen LogP contribution in [0.1, 0.15) is 39.0 Å². The summed E-state index contributed by atoms with van der Waals surface area (Å²) >= 11 is 0. The SMILES string of the molecule is CC(CC(=O)N1CCCC(CN2CCN(c3ccccn3)CC2)C1)C1CC1. The van der Waals surface area contributed by atoms with E-state index >= 15 is 0 Å². The van der Waals surface area contributed by atoms with Gasteiger partial charge < -0.3 is 9.80 Å². The molecule has 0 radical (unpaired) electrons. The van der Waals surface area contributed by atoms with Gasteiger partial charge in [0.05, 0.1) is 0 Å². The van der Waals surface area contributed by atoms with E-state index in [2.05, 4.69) is 38.7 Å². The van der Waals surface area contributed by atoms with E-state index in [1.165, 1.54) is 25.7 Å². The average molecular weight is 371 g/mol. The molecule has 3 heterocycles. The number of hydrogen-bond donors (Lipinski definition) is 0. The Morgan fingerprint density at radius 3 is 2.67 bits per heavy atom. The molecule has 0 N–H and O–H groups in total. The number of pyridine rings is 1. The van der Waals surface area contributed by atoms with Crippen molar-refractivity contribution in [1.29, 1.82) is 0 Å². The van der Waals surface area contributed by atoms with Crippen LogP contribution in [0.2, 0.25) is 0 Å². The van der Waals surface area contributed by atoms with Crippen LogP contribution in [-0.4, -0.2) is 66.5 Å². The summed E-state index contributed by atoms with van der Waals surface area (Å²) in [5, 5.41) is 0. The van der Waals surface area contributed by atoms with Gasteiger partial charge in [-0.05, 0) is 55.6 Å². The number of piperidine rings is 1. The predicted octanol–water partition coefficient (Wildman–Crippen LogP) is 2.88. The smallest absolute Gasteiger partial charge is 0.222 e. The molecular weight excluding hydrogens is 336 g/mol. The standard InChI is InChI=1S/C22H34N4O/c1-18(20-7-8-20)15-22(27)26-10-4-5-19(17-26)16-24-11-13-25(14-12-24)21-6-2-3-9-23-21/h2-3,6,9,18-20H,4-5,7-8,10-17H2,1H3. The van der Waals surface area contributed by atoms with Crippen LogP contribution in [0, 0.1) is 17.8 Å². The van der Waals surface area contributed by atoms with E-state index in [0.29, 0.717) is 17.7 Å². The van der Waals surface area contributed by atoms with Crippen LogP contribution in [0.15, 0.2) is 24.4 Å². The fourth-order valence-electron chi connectivity index (χ4n) is 4.74. The van der Waals surface area contributed by atoms with E-state index in [4.69, 9.17) is 0 Å². The summed E-state index contributed by atoms with van der Waals surface area (Å²) < 4.78 is 0. The molecular formula is C22H34N4O. The summed E-state index contributed by atoms with van der Waals surface area (Å²) in [5.74, 6) is 3.54. The van der Waals surface area contributed by atoms with E-state index in [-0.39, 0.29) is 0 Å². The van der Waals surface area contributed by atoms with Crippen molar-refractivity contribution in [3.63, 3.8) is 0 Å². The highest BCUT2D eigenvalue weighted by atomic mass is 16.2. The third kappa shape index (κ3) is 5.01. The number of carbonyl (C=O) groups is 1. The minimum atomic E-state index is 0.402. The van der Waals surface area contributed by atoms with Gasteiger partial charge in [0.1, 0.15) is 5.82 Å². The first-order valence-corrected chi connectivity index (χ1v) is 10.8. The van der Waals surface area contributed by atoms with Crippen LogP contribution in [0.4, 0.5) is 5.82 Å². The molecule has 1 aromatic rings. The van der Waals surface area contributed by atoms with E-state index in [1.54, 1.807) is 0 Å². The van der Waals surface area contributed by atoms with Gasteiger partial charge in [-0.15, -0.1) is 0 Å². The molecule has 0 aromatic carbocycles. The first-order chi connectivity index (χ1) is 13.2. The van der Waals surface area contributed by atoms with Crippen LogP contribution >= 0.6 is 0 Å². The molecule has 2 saturated heterocycles. The lowest BCUT2D eigenvalue weighted by Crippen LogP contribution is -2.50. The maximum Gasteiger partial charge on any atom is 0.222 e. The number of nitrogens with zero attached hydrogens (tertiary/aromatic N) is 4. The highest BCUT2D eigenvalue weighted by Gasteiger charge is 2.32. The average Bonchev–Trinajstić information content (AvgIpc) is 3.55. The topological polar surface area (TPSA) is 39.7 Å². The maximum absolute atomic E-state index is 12.7. The molecule has 1 amide bonds. The monoisotopic (exact) mass is 370 g/mol. The molecule has 5 nitrogen and oxygen atoms in total. The number of amides is 1. The molecule has 1 saturated carbocycles. The summed E-state index contributed by atoms with van der Waals surface area (Å²) in [7, 11) is 0. The van der Waals surface area contributed by atoms with Gasteiger partial charge in [-0.2, -0.15) is 0 Å². The van der Waals surface area contributed by atoms with Gasteiger partial charge in [0.2, 0.25) is 5.91 Å². The maximum atomic E-state index is 12.7. The Kier molecular flexibility index (Phi) is 5.96. The van der Waals surface area contributed by atoms with Crippen molar-refractivity contribution >= 4 is 11.7 Å². The highest BCUT2D eigenvalue weighted by Crippen LogP contribution is 2.38. The number of hydrogen-bond acceptors (Lipinski definition) is 4. The Morgan fingerprint density at radius 1 is 1.15 bits per heavy atom. The van der Waals surface area contributed by atoms with Gasteiger partial charge in [0.15, 0.2) is 0 Å². The highest BCUT2D eigenvalue weighted by molar-refractivity contribution is 5.76. The van der Waals surface area contributed by atoms with Crippen LogP contribution in [0.5, 0.6) is 0 Å². The zero-order chi connectivity index (χ0) is 18.6. The number of aromatic nitrogens is 1. The lowest BCUT2D eigenvalue weighted by atomic mass is 9.95. The van der Waals surface area contributed by atoms with Gasteiger partial charge in [-0.3, -0.25) is 9.69 Å². The minimum Gasteiger partial charge on any atom is -0.354 e. The van der Waals surface area contributed by atoms with Crippen LogP contribution in [0.3, 0.4) is 0 Å². The molecule has 2 aliphatic heterocycles. The van der Waals surface area contributed by atoms with Gasteiger partial charge >= 0.3 is 0 Å². The van der Waals surface area contributed by atoms with Gasteiger partial charge in [-0.25, -0.2) is 4.98 Å². The zero-order valence-corrected chi connectivity index (χ0v) is 16.7. The lowest BCUT2D eigenvalue weighted by molar-refractivity contribution is -0.134. The number of likely N-dealkylation sites (tertiary alicyclic amines) is 1. The minimum absolute atomic E-state index is 0.402. The molecule has 3 aliphatic rings. The van der Waals surface area contributed by atoms with Crippen LogP contribution < -0.4 is 4.90 Å². The summed E-state index contributed by atoms with van der Waals surface area (Å²) in [6, 6.07) is 6.14. The molecule has 1 aromatic heterocycles. The van der Waals surface area contributed by atoms with Gasteiger partial charge in [0.25, 0.3) is 0 Å². The predicted molar refractivity (Wildman–Crippen MR) is 109 cm³/mol. The van der Waals surface area contributed by atoms with E-state index in [1.807, 2.05) is 12.3 Å². The molecule has 0 spiro atoms. The van der Waals surface area contributed by atoms with Gasteiger partial charge in [-0.1, -0.05) is 13.0 Å². The fourth-order valence-corrected chi connectivity index (χ4v) is 4.74. The quantitative estimate of drug-likeness (QED) is 0.772. The number of piperazine rings is 1. The molecule has 0 bridgehead atoms. The Labute approximate surface area is 163 Å². The second-order valence-electron chi connectivity index (χ2n) is 8.84. The van der Waals surface area contributed by atoms with Crippen molar-refractivity contribution < 1.29 is 4.79 Å². The van der Waals surface area contributed by atoms with Crippen molar-refractivity contribution in [2.75, 3.05) is 50.7 Å². The second-order valence-corrected chi connectivity index (χ2v) is 8.84. The Bertz CT molecular complexity index is 610. The van der Waals surface area contributed by atoms with E-state index in [9.17, 15) is 4.79 Å². The number of carbonyl (C=O) groups excluding carboxylic acids is 1. The molecule has 4 rings (SSSR count). The van der Waals surface area contributed by atoms with Crippen LogP contribution in [0.25, 0.3) is 0 Å². The number of rotatable bonds is 6. The Balaban J connectivity index is 1.22. The van der Waals surface area contributed by atoms with E-state index < -0.39 is 0 Å². The summed E-state index contributed by atoms with van der Waals surface area (Å²) in [5.41, 5.74) is 0. The van der Waals surface area contributed by atoms with Crippen molar-refractivity contribution in [2.24, 2.45) is 17.8 Å². The van der Waals surface area contributed by atoms with Crippen molar-refractivity contribution in [2.45, 2.75) is 39.0 Å². The Morgan fingerprint density at radius 2 is 1.96 bits per heavy atom. The number of anilines is 1. The molecule has 5 heteroatoms. The zero-order valence-electron chi connectivity index (χ0n) is 16.7. The first kappa shape index (κ1) is 18.7. The van der Waals surface area contributed by atoms with Crippen molar-refractivity contribution in [3.8, 4) is 0 Å². The third-order valence-corrected chi connectivity index (χ3v) is 6.66. The Hall–Kier alpha value is -1.62. The van der Waals surface area contributed by atoms with Crippen LogP contribution in [-0.2, 0) is 4.79 Å². The summed E-state index contributed by atoms with van der Waals surface area (Å²) in [4.78, 5) is 24.3. The lowest BCUT2D eigenvalue weighted by Gasteiger charge is -2.40. The van der Waals surface area contributed by atoms with Gasteiger partial charge in [0, 0.05) is 58.4 Å². The normalized spacial score (nSPS) is 25.4. The largest absolute Gasteiger partial charge is 0.354 e. The molecule has 1 aliphatic carbocycles. The molecule has 3 fully saturated rings. The third-order valence-electron chi connectivity index (χ3n) is 6.66. The molecule has 2 unspecified atom stereocenters. The summed E-state index contributed by atoms with van der Waals surface area (Å²) in [6.45, 7) is 9.63. The fraction of sp³-hybridized carbons (Fsp3) is 0.727.